The normalized spacial score (nSPS) is 9.18. The van der Waals surface area contributed by atoms with Crippen molar-refractivity contribution in [3.05, 3.63) is 29.1 Å². The molecule has 11 heavy (non-hydrogen) atoms. The number of aromatic nitrogens is 1. The minimum absolute atomic E-state index is 0.488. The van der Waals surface area contributed by atoms with E-state index in [1.807, 2.05) is 13.0 Å². The summed E-state index contributed by atoms with van der Waals surface area (Å²) in [6, 6.07) is 1.89. The Morgan fingerprint density at radius 3 is 3.00 bits per heavy atom. The molecular weight excluding hydrogens is 136 g/mol. The summed E-state index contributed by atoms with van der Waals surface area (Å²) in [4.78, 5) is 4.10. The SMILES string of the molecule is C#Cc1cc(CN)cnc1C. The minimum atomic E-state index is 0.488. The van der Waals surface area contributed by atoms with Gasteiger partial charge in [0.25, 0.3) is 0 Å². The Hall–Kier alpha value is -1.33. The molecule has 0 saturated carbocycles. The van der Waals surface area contributed by atoms with Crippen molar-refractivity contribution in [1.29, 1.82) is 0 Å². The minimum Gasteiger partial charge on any atom is -0.326 e. The second kappa shape index (κ2) is 3.18. The maximum atomic E-state index is 5.41. The highest BCUT2D eigenvalue weighted by Gasteiger charge is 1.96. The summed E-state index contributed by atoms with van der Waals surface area (Å²) in [7, 11) is 0. The predicted octanol–water partition coefficient (Wildman–Crippen LogP) is 0.830. The van der Waals surface area contributed by atoms with E-state index in [2.05, 4.69) is 10.9 Å². The zero-order chi connectivity index (χ0) is 8.27. The lowest BCUT2D eigenvalue weighted by Crippen LogP contribution is -1.99. The molecule has 1 aromatic heterocycles. The number of nitrogens with two attached hydrogens (primary N) is 1. The summed E-state index contributed by atoms with van der Waals surface area (Å²) in [5.74, 6) is 2.55. The van der Waals surface area contributed by atoms with Crippen LogP contribution in [0.4, 0.5) is 0 Å². The molecule has 1 aromatic rings. The van der Waals surface area contributed by atoms with Crippen LogP contribution in [-0.2, 0) is 6.54 Å². The summed E-state index contributed by atoms with van der Waals surface area (Å²) < 4.78 is 0. The number of aryl methyl sites for hydroxylation is 1. The zero-order valence-electron chi connectivity index (χ0n) is 6.46. The van der Waals surface area contributed by atoms with Gasteiger partial charge >= 0.3 is 0 Å². The average Bonchev–Trinajstić information content (AvgIpc) is 2.05. The average molecular weight is 146 g/mol. The van der Waals surface area contributed by atoms with Crippen LogP contribution < -0.4 is 5.73 Å². The lowest BCUT2D eigenvalue weighted by molar-refractivity contribution is 1.03. The molecule has 0 saturated heterocycles. The van der Waals surface area contributed by atoms with E-state index in [9.17, 15) is 0 Å². The van der Waals surface area contributed by atoms with E-state index in [-0.39, 0.29) is 0 Å². The fourth-order valence-corrected chi connectivity index (χ4v) is 0.834. The van der Waals surface area contributed by atoms with Crippen LogP contribution in [0, 0.1) is 19.3 Å². The molecule has 2 heteroatoms. The summed E-state index contributed by atoms with van der Waals surface area (Å²) in [5.41, 5.74) is 8.10. The van der Waals surface area contributed by atoms with Crippen LogP contribution in [-0.4, -0.2) is 4.98 Å². The third-order valence-electron chi connectivity index (χ3n) is 1.53. The molecule has 0 aliphatic heterocycles. The predicted molar refractivity (Wildman–Crippen MR) is 44.8 cm³/mol. The Labute approximate surface area is 66.4 Å². The smallest absolute Gasteiger partial charge is 0.0529 e. The first kappa shape index (κ1) is 7.77. The highest BCUT2D eigenvalue weighted by atomic mass is 14.7. The van der Waals surface area contributed by atoms with Crippen LogP contribution in [0.25, 0.3) is 0 Å². The highest BCUT2D eigenvalue weighted by molar-refractivity contribution is 5.37. The Morgan fingerprint density at radius 1 is 1.73 bits per heavy atom. The van der Waals surface area contributed by atoms with E-state index in [1.54, 1.807) is 6.20 Å². The number of hydrogen-bond donors (Lipinski definition) is 1. The van der Waals surface area contributed by atoms with Crippen LogP contribution in [0.15, 0.2) is 12.3 Å². The lowest BCUT2D eigenvalue weighted by atomic mass is 10.1. The first-order valence-electron chi connectivity index (χ1n) is 3.40. The number of terminal acetylenes is 1. The third-order valence-corrected chi connectivity index (χ3v) is 1.53. The van der Waals surface area contributed by atoms with Crippen molar-refractivity contribution in [2.75, 3.05) is 0 Å². The fraction of sp³-hybridized carbons (Fsp3) is 0.222. The van der Waals surface area contributed by atoms with Gasteiger partial charge in [0.05, 0.1) is 5.69 Å². The molecule has 0 spiro atoms. The standard InChI is InChI=1S/C9H10N2/c1-3-9-4-8(5-10)6-11-7(9)2/h1,4,6H,5,10H2,2H3. The van der Waals surface area contributed by atoms with Crippen molar-refractivity contribution in [2.45, 2.75) is 13.5 Å². The first-order chi connectivity index (χ1) is 5.27. The van der Waals surface area contributed by atoms with Crippen molar-refractivity contribution < 1.29 is 0 Å². The second-order valence-electron chi connectivity index (χ2n) is 2.32. The van der Waals surface area contributed by atoms with Gasteiger partial charge in [-0.3, -0.25) is 4.98 Å². The van der Waals surface area contributed by atoms with Gasteiger partial charge in [-0.05, 0) is 18.6 Å². The first-order valence-corrected chi connectivity index (χ1v) is 3.40. The Kier molecular flexibility index (Phi) is 2.25. The van der Waals surface area contributed by atoms with Gasteiger partial charge < -0.3 is 5.73 Å². The Morgan fingerprint density at radius 2 is 2.45 bits per heavy atom. The maximum Gasteiger partial charge on any atom is 0.0529 e. The highest BCUT2D eigenvalue weighted by Crippen LogP contribution is 2.05. The van der Waals surface area contributed by atoms with E-state index in [0.29, 0.717) is 6.54 Å². The van der Waals surface area contributed by atoms with Crippen molar-refractivity contribution in [3.63, 3.8) is 0 Å². The van der Waals surface area contributed by atoms with E-state index >= 15 is 0 Å². The quantitative estimate of drug-likeness (QED) is 0.596. The molecule has 1 rings (SSSR count). The number of hydrogen-bond acceptors (Lipinski definition) is 2. The van der Waals surface area contributed by atoms with Gasteiger partial charge in [-0.2, -0.15) is 0 Å². The van der Waals surface area contributed by atoms with Gasteiger partial charge in [0.1, 0.15) is 0 Å². The van der Waals surface area contributed by atoms with Gasteiger partial charge in [-0.25, -0.2) is 0 Å². The molecule has 0 fully saturated rings. The fourth-order valence-electron chi connectivity index (χ4n) is 0.834. The van der Waals surface area contributed by atoms with Gasteiger partial charge in [0, 0.05) is 18.3 Å². The Balaban J connectivity index is 3.15. The molecule has 0 radical (unpaired) electrons. The van der Waals surface area contributed by atoms with E-state index in [4.69, 9.17) is 12.2 Å². The van der Waals surface area contributed by atoms with E-state index in [0.717, 1.165) is 16.8 Å². The van der Waals surface area contributed by atoms with Crippen LogP contribution in [0.3, 0.4) is 0 Å². The topological polar surface area (TPSA) is 38.9 Å². The summed E-state index contributed by atoms with van der Waals surface area (Å²) in [6.07, 6.45) is 6.99. The number of rotatable bonds is 1. The van der Waals surface area contributed by atoms with Crippen molar-refractivity contribution in [2.24, 2.45) is 5.73 Å². The van der Waals surface area contributed by atoms with Gasteiger partial charge in [-0.15, -0.1) is 6.42 Å². The van der Waals surface area contributed by atoms with Crippen molar-refractivity contribution in [1.82, 2.24) is 4.98 Å². The third kappa shape index (κ3) is 1.57. The molecule has 0 aromatic carbocycles. The molecule has 2 N–H and O–H groups in total. The van der Waals surface area contributed by atoms with Gasteiger partial charge in [0.15, 0.2) is 0 Å². The monoisotopic (exact) mass is 146 g/mol. The van der Waals surface area contributed by atoms with Crippen LogP contribution in [0.2, 0.25) is 0 Å². The lowest BCUT2D eigenvalue weighted by Gasteiger charge is -1.99. The summed E-state index contributed by atoms with van der Waals surface area (Å²) in [6.45, 7) is 2.37. The molecule has 0 bridgehead atoms. The molecule has 0 amide bonds. The van der Waals surface area contributed by atoms with Crippen molar-refractivity contribution in [3.8, 4) is 12.3 Å². The summed E-state index contributed by atoms with van der Waals surface area (Å²) in [5, 5.41) is 0. The molecule has 1 heterocycles. The molecule has 0 aliphatic rings. The Bertz CT molecular complexity index is 297. The number of nitrogens with zero attached hydrogens (tertiary/aromatic N) is 1. The zero-order valence-corrected chi connectivity index (χ0v) is 6.46. The van der Waals surface area contributed by atoms with Gasteiger partial charge in [-0.1, -0.05) is 5.92 Å². The van der Waals surface area contributed by atoms with Crippen LogP contribution in [0.1, 0.15) is 16.8 Å². The molecule has 0 unspecified atom stereocenters. The second-order valence-corrected chi connectivity index (χ2v) is 2.32. The van der Waals surface area contributed by atoms with Crippen LogP contribution in [0.5, 0.6) is 0 Å². The molecule has 0 atom stereocenters. The van der Waals surface area contributed by atoms with E-state index in [1.165, 1.54) is 0 Å². The summed E-state index contributed by atoms with van der Waals surface area (Å²) >= 11 is 0. The van der Waals surface area contributed by atoms with E-state index < -0.39 is 0 Å². The molecule has 0 aliphatic carbocycles. The number of pyridine rings is 1. The maximum absolute atomic E-state index is 5.41. The van der Waals surface area contributed by atoms with Crippen LogP contribution >= 0.6 is 0 Å². The van der Waals surface area contributed by atoms with Crippen molar-refractivity contribution >= 4 is 0 Å². The molecule has 56 valence electrons. The molecule has 2 nitrogen and oxygen atoms in total. The molecular formula is C9H10N2. The van der Waals surface area contributed by atoms with Gasteiger partial charge in [0.2, 0.25) is 0 Å². The largest absolute Gasteiger partial charge is 0.326 e.